The van der Waals surface area contributed by atoms with Gasteiger partial charge in [-0.15, -0.1) is 0 Å². The minimum absolute atomic E-state index is 0.213. The molecule has 0 saturated carbocycles. The molecule has 1 unspecified atom stereocenters. The maximum atomic E-state index is 13.3. The van der Waals surface area contributed by atoms with Crippen LogP contribution in [0.1, 0.15) is 30.1 Å². The van der Waals surface area contributed by atoms with E-state index in [1.807, 2.05) is 6.92 Å². The molecule has 1 aromatic rings. The molecule has 17 heavy (non-hydrogen) atoms. The summed E-state index contributed by atoms with van der Waals surface area (Å²) in [5.74, 6) is -2.79. The molecule has 0 fully saturated rings. The van der Waals surface area contributed by atoms with Gasteiger partial charge in [0.2, 0.25) is 0 Å². The van der Waals surface area contributed by atoms with Gasteiger partial charge in [-0.3, -0.25) is 4.79 Å². The molecule has 0 aliphatic rings. The van der Waals surface area contributed by atoms with Crippen LogP contribution in [-0.2, 0) is 0 Å². The Morgan fingerprint density at radius 1 is 1.47 bits per heavy atom. The second-order valence-electron chi connectivity index (χ2n) is 3.80. The zero-order valence-corrected chi connectivity index (χ0v) is 9.67. The molecule has 0 heterocycles. The molecule has 1 atom stereocenters. The van der Waals surface area contributed by atoms with Crippen molar-refractivity contribution in [2.45, 2.75) is 25.8 Å². The van der Waals surface area contributed by atoms with Gasteiger partial charge in [-0.25, -0.2) is 8.78 Å². The fourth-order valence-corrected chi connectivity index (χ4v) is 1.54. The predicted molar refractivity (Wildman–Crippen MR) is 61.6 cm³/mol. The van der Waals surface area contributed by atoms with E-state index in [2.05, 4.69) is 5.32 Å². The number of hydrogen-bond donors (Lipinski definition) is 2. The largest absolute Gasteiger partial charge is 0.348 e. The number of rotatable bonds is 5. The molecular weight excluding hydrogens is 226 g/mol. The third-order valence-corrected chi connectivity index (χ3v) is 2.45. The van der Waals surface area contributed by atoms with Gasteiger partial charge in [-0.2, -0.15) is 0 Å². The lowest BCUT2D eigenvalue weighted by Crippen LogP contribution is -2.40. The highest BCUT2D eigenvalue weighted by molar-refractivity contribution is 5.94. The first-order valence-corrected chi connectivity index (χ1v) is 5.55. The first-order chi connectivity index (χ1) is 8.10. The Bertz CT molecular complexity index is 396. The van der Waals surface area contributed by atoms with Crippen LogP contribution in [0.5, 0.6) is 0 Å². The number of hydrogen-bond acceptors (Lipinski definition) is 2. The fraction of sp³-hybridized carbons (Fsp3) is 0.417. The van der Waals surface area contributed by atoms with Gasteiger partial charge in [0.15, 0.2) is 11.6 Å². The van der Waals surface area contributed by atoms with Crippen molar-refractivity contribution in [2.75, 3.05) is 6.54 Å². The highest BCUT2D eigenvalue weighted by Crippen LogP contribution is 2.11. The molecule has 0 bridgehead atoms. The SMILES string of the molecule is CCCC(CN)NC(=O)c1cccc(F)c1F. The summed E-state index contributed by atoms with van der Waals surface area (Å²) >= 11 is 0. The second kappa shape index (κ2) is 6.30. The summed E-state index contributed by atoms with van der Waals surface area (Å²) in [7, 11) is 0. The second-order valence-corrected chi connectivity index (χ2v) is 3.80. The Balaban J connectivity index is 2.79. The molecule has 0 aliphatic heterocycles. The third kappa shape index (κ3) is 3.49. The van der Waals surface area contributed by atoms with Gasteiger partial charge in [0.1, 0.15) is 0 Å². The molecule has 0 radical (unpaired) electrons. The van der Waals surface area contributed by atoms with E-state index in [0.29, 0.717) is 6.42 Å². The van der Waals surface area contributed by atoms with Crippen molar-refractivity contribution in [3.05, 3.63) is 35.4 Å². The topological polar surface area (TPSA) is 55.1 Å². The zero-order valence-electron chi connectivity index (χ0n) is 9.67. The highest BCUT2D eigenvalue weighted by atomic mass is 19.2. The number of nitrogens with one attached hydrogen (secondary N) is 1. The summed E-state index contributed by atoms with van der Waals surface area (Å²) in [6.45, 7) is 2.23. The van der Waals surface area contributed by atoms with Crippen molar-refractivity contribution in [1.82, 2.24) is 5.32 Å². The maximum Gasteiger partial charge on any atom is 0.254 e. The molecule has 94 valence electrons. The average Bonchev–Trinajstić information content (AvgIpc) is 2.31. The Morgan fingerprint density at radius 2 is 2.18 bits per heavy atom. The van der Waals surface area contributed by atoms with Gasteiger partial charge >= 0.3 is 0 Å². The van der Waals surface area contributed by atoms with Crippen molar-refractivity contribution in [3.8, 4) is 0 Å². The number of amides is 1. The summed E-state index contributed by atoms with van der Waals surface area (Å²) in [5, 5.41) is 2.58. The zero-order chi connectivity index (χ0) is 12.8. The van der Waals surface area contributed by atoms with Crippen LogP contribution in [0.3, 0.4) is 0 Å². The number of carbonyl (C=O) groups is 1. The Labute approximate surface area is 99.0 Å². The Morgan fingerprint density at radius 3 is 2.76 bits per heavy atom. The Hall–Kier alpha value is -1.49. The van der Waals surface area contributed by atoms with Crippen LogP contribution in [0.25, 0.3) is 0 Å². The first-order valence-electron chi connectivity index (χ1n) is 5.55. The van der Waals surface area contributed by atoms with Crippen molar-refractivity contribution >= 4 is 5.91 Å². The van der Waals surface area contributed by atoms with Gasteiger partial charge in [0.05, 0.1) is 5.56 Å². The van der Waals surface area contributed by atoms with Crippen molar-refractivity contribution in [1.29, 1.82) is 0 Å². The van der Waals surface area contributed by atoms with Gasteiger partial charge in [0, 0.05) is 12.6 Å². The maximum absolute atomic E-state index is 13.3. The van der Waals surface area contributed by atoms with Crippen molar-refractivity contribution < 1.29 is 13.6 Å². The first kappa shape index (κ1) is 13.6. The third-order valence-electron chi connectivity index (χ3n) is 2.45. The summed E-state index contributed by atoms with van der Waals surface area (Å²) in [4.78, 5) is 11.7. The summed E-state index contributed by atoms with van der Waals surface area (Å²) < 4.78 is 26.3. The lowest BCUT2D eigenvalue weighted by Gasteiger charge is -2.16. The van der Waals surface area contributed by atoms with Crippen LogP contribution in [0.15, 0.2) is 18.2 Å². The quantitative estimate of drug-likeness (QED) is 0.827. The summed E-state index contributed by atoms with van der Waals surface area (Å²) in [6, 6.07) is 3.30. The number of nitrogens with two attached hydrogens (primary N) is 1. The monoisotopic (exact) mass is 242 g/mol. The summed E-state index contributed by atoms with van der Waals surface area (Å²) in [6.07, 6.45) is 1.56. The standard InChI is InChI=1S/C12H16F2N2O/c1-2-4-8(7-15)16-12(17)9-5-3-6-10(13)11(9)14/h3,5-6,8H,2,4,7,15H2,1H3,(H,16,17). The van der Waals surface area contributed by atoms with E-state index < -0.39 is 17.5 Å². The van der Waals surface area contributed by atoms with Crippen molar-refractivity contribution in [2.24, 2.45) is 5.73 Å². The average molecular weight is 242 g/mol. The van der Waals surface area contributed by atoms with Gasteiger partial charge < -0.3 is 11.1 Å². The van der Waals surface area contributed by atoms with Crippen LogP contribution in [-0.4, -0.2) is 18.5 Å². The van der Waals surface area contributed by atoms with E-state index >= 15 is 0 Å². The van der Waals surface area contributed by atoms with Crippen LogP contribution in [0.4, 0.5) is 8.78 Å². The summed E-state index contributed by atoms with van der Waals surface area (Å²) in [5.41, 5.74) is 5.18. The molecule has 0 saturated heterocycles. The highest BCUT2D eigenvalue weighted by Gasteiger charge is 2.17. The van der Waals surface area contributed by atoms with E-state index in [1.54, 1.807) is 0 Å². The molecule has 1 amide bonds. The molecule has 0 aromatic heterocycles. The van der Waals surface area contributed by atoms with E-state index in [4.69, 9.17) is 5.73 Å². The molecule has 3 nitrogen and oxygen atoms in total. The lowest BCUT2D eigenvalue weighted by atomic mass is 10.1. The van der Waals surface area contributed by atoms with Gasteiger partial charge in [-0.1, -0.05) is 19.4 Å². The van der Waals surface area contributed by atoms with Crippen LogP contribution >= 0.6 is 0 Å². The molecule has 1 aromatic carbocycles. The Kier molecular flexibility index (Phi) is 5.03. The molecule has 0 spiro atoms. The molecular formula is C12H16F2N2O. The minimum atomic E-state index is -1.13. The van der Waals surface area contributed by atoms with E-state index in [-0.39, 0.29) is 18.2 Å². The molecule has 0 aliphatic carbocycles. The fourth-order valence-electron chi connectivity index (χ4n) is 1.54. The van der Waals surface area contributed by atoms with Crippen LogP contribution in [0, 0.1) is 11.6 Å². The lowest BCUT2D eigenvalue weighted by molar-refractivity contribution is 0.0931. The van der Waals surface area contributed by atoms with E-state index in [1.165, 1.54) is 12.1 Å². The smallest absolute Gasteiger partial charge is 0.254 e. The van der Waals surface area contributed by atoms with Crippen molar-refractivity contribution in [3.63, 3.8) is 0 Å². The number of halogens is 2. The number of carbonyl (C=O) groups excluding carboxylic acids is 1. The molecule has 1 rings (SSSR count). The van der Waals surface area contributed by atoms with Crippen LogP contribution in [0.2, 0.25) is 0 Å². The van der Waals surface area contributed by atoms with Gasteiger partial charge in [0.25, 0.3) is 5.91 Å². The van der Waals surface area contributed by atoms with E-state index in [9.17, 15) is 13.6 Å². The normalized spacial score (nSPS) is 12.2. The van der Waals surface area contributed by atoms with Crippen LogP contribution < -0.4 is 11.1 Å². The predicted octanol–water partition coefficient (Wildman–Crippen LogP) is 1.82. The minimum Gasteiger partial charge on any atom is -0.348 e. The van der Waals surface area contributed by atoms with Gasteiger partial charge in [-0.05, 0) is 18.6 Å². The molecule has 3 N–H and O–H groups in total. The molecule has 5 heteroatoms. The van der Waals surface area contributed by atoms with E-state index in [0.717, 1.165) is 12.5 Å². The number of benzene rings is 1.